The number of benzene rings is 1. The first-order valence-electron chi connectivity index (χ1n) is 8.08. The van der Waals surface area contributed by atoms with Crippen LogP contribution < -0.4 is 0 Å². The summed E-state index contributed by atoms with van der Waals surface area (Å²) in [7, 11) is 2.17. The number of fused-ring (bicyclic) bond motifs is 3. The van der Waals surface area contributed by atoms with Crippen LogP contribution in [0.1, 0.15) is 23.9 Å². The molecule has 4 rings (SSSR count). The Kier molecular flexibility index (Phi) is 3.87. The summed E-state index contributed by atoms with van der Waals surface area (Å²) in [5.74, 6) is 0. The molecule has 0 fully saturated rings. The zero-order valence-electron chi connectivity index (χ0n) is 13.8. The molecule has 5 heteroatoms. The summed E-state index contributed by atoms with van der Waals surface area (Å²) in [6, 6.07) is 8.10. The standard InChI is InChI=1S/C19H19ClN4/c1-13(17-5-7-21-12-22-17)10-24-18-4-3-14(20)9-16(18)15-6-8-23(2)11-19(15)24/h3-5,7,9-10,12H,6,8,11H2,1-2H3/b13-10-. The first-order valence-corrected chi connectivity index (χ1v) is 8.46. The number of likely N-dealkylation sites (N-methyl/N-ethyl adjacent to an activating group) is 1. The van der Waals surface area contributed by atoms with E-state index in [9.17, 15) is 0 Å². The minimum atomic E-state index is 0.790. The molecule has 0 unspecified atom stereocenters. The highest BCUT2D eigenvalue weighted by Crippen LogP contribution is 2.33. The second kappa shape index (κ2) is 6.04. The molecule has 3 heterocycles. The van der Waals surface area contributed by atoms with Crippen molar-refractivity contribution in [3.8, 4) is 0 Å². The van der Waals surface area contributed by atoms with Crippen molar-refractivity contribution in [3.05, 3.63) is 58.8 Å². The molecule has 0 aliphatic carbocycles. The van der Waals surface area contributed by atoms with Gasteiger partial charge in [-0.25, -0.2) is 9.97 Å². The number of halogens is 1. The second-order valence-electron chi connectivity index (χ2n) is 6.35. The van der Waals surface area contributed by atoms with Crippen molar-refractivity contribution < 1.29 is 0 Å². The Balaban J connectivity index is 1.93. The van der Waals surface area contributed by atoms with E-state index >= 15 is 0 Å². The molecule has 1 aromatic carbocycles. The first kappa shape index (κ1) is 15.4. The largest absolute Gasteiger partial charge is 0.318 e. The molecule has 0 saturated carbocycles. The second-order valence-corrected chi connectivity index (χ2v) is 6.79. The zero-order chi connectivity index (χ0) is 16.7. The average molecular weight is 339 g/mol. The van der Waals surface area contributed by atoms with Crippen LogP contribution >= 0.6 is 11.6 Å². The molecule has 122 valence electrons. The predicted octanol–water partition coefficient (Wildman–Crippen LogP) is 4.09. The monoisotopic (exact) mass is 338 g/mol. The van der Waals surface area contributed by atoms with E-state index in [1.54, 1.807) is 12.5 Å². The quantitative estimate of drug-likeness (QED) is 0.705. The predicted molar refractivity (Wildman–Crippen MR) is 98.9 cm³/mol. The molecular formula is C19H19ClN4. The van der Waals surface area contributed by atoms with Gasteiger partial charge in [0.25, 0.3) is 0 Å². The van der Waals surface area contributed by atoms with Crippen LogP contribution in [0.25, 0.3) is 22.7 Å². The molecule has 1 aliphatic heterocycles. The topological polar surface area (TPSA) is 34.0 Å². The van der Waals surface area contributed by atoms with E-state index in [0.717, 1.165) is 35.8 Å². The third-order valence-corrected chi connectivity index (χ3v) is 4.89. The van der Waals surface area contributed by atoms with Gasteiger partial charge < -0.3 is 9.47 Å². The van der Waals surface area contributed by atoms with Gasteiger partial charge in [-0.1, -0.05) is 11.6 Å². The van der Waals surface area contributed by atoms with Gasteiger partial charge in [0.2, 0.25) is 0 Å². The minimum absolute atomic E-state index is 0.790. The van der Waals surface area contributed by atoms with Gasteiger partial charge in [0.05, 0.1) is 11.2 Å². The fourth-order valence-electron chi connectivity index (χ4n) is 3.43. The molecule has 3 aromatic rings. The molecule has 0 spiro atoms. The Bertz CT molecular complexity index is 927. The van der Waals surface area contributed by atoms with Crippen LogP contribution in [-0.4, -0.2) is 33.0 Å². The molecule has 0 saturated heterocycles. The van der Waals surface area contributed by atoms with Crippen LogP contribution in [0.2, 0.25) is 5.02 Å². The summed E-state index contributed by atoms with van der Waals surface area (Å²) in [6.45, 7) is 4.10. The molecule has 0 atom stereocenters. The molecule has 24 heavy (non-hydrogen) atoms. The van der Waals surface area contributed by atoms with Gasteiger partial charge in [-0.15, -0.1) is 0 Å². The maximum absolute atomic E-state index is 6.25. The van der Waals surface area contributed by atoms with Crippen molar-refractivity contribution in [2.24, 2.45) is 0 Å². The lowest BCUT2D eigenvalue weighted by molar-refractivity contribution is 0.308. The lowest BCUT2D eigenvalue weighted by atomic mass is 10.0. The van der Waals surface area contributed by atoms with E-state index in [1.165, 1.54) is 22.2 Å². The van der Waals surface area contributed by atoms with E-state index in [-0.39, 0.29) is 0 Å². The van der Waals surface area contributed by atoms with Gasteiger partial charge in [0.15, 0.2) is 0 Å². The average Bonchev–Trinajstić information content (AvgIpc) is 2.88. The van der Waals surface area contributed by atoms with E-state index in [0.29, 0.717) is 0 Å². The van der Waals surface area contributed by atoms with Crippen LogP contribution in [0.5, 0.6) is 0 Å². The summed E-state index contributed by atoms with van der Waals surface area (Å²) in [5.41, 5.74) is 6.01. The van der Waals surface area contributed by atoms with Crippen molar-refractivity contribution in [1.82, 2.24) is 19.4 Å². The fourth-order valence-corrected chi connectivity index (χ4v) is 3.60. The molecular weight excluding hydrogens is 320 g/mol. The van der Waals surface area contributed by atoms with E-state index in [1.807, 2.05) is 12.1 Å². The Labute approximate surface area is 146 Å². The lowest BCUT2D eigenvalue weighted by Crippen LogP contribution is -2.27. The van der Waals surface area contributed by atoms with Crippen molar-refractivity contribution in [1.29, 1.82) is 0 Å². The summed E-state index contributed by atoms with van der Waals surface area (Å²) in [4.78, 5) is 10.7. The molecule has 0 bridgehead atoms. The molecule has 0 amide bonds. The Morgan fingerprint density at radius 2 is 2.17 bits per heavy atom. The van der Waals surface area contributed by atoms with Crippen molar-refractivity contribution in [2.45, 2.75) is 19.9 Å². The number of hydrogen-bond acceptors (Lipinski definition) is 3. The third-order valence-electron chi connectivity index (χ3n) is 4.65. The minimum Gasteiger partial charge on any atom is -0.318 e. The normalized spacial score (nSPS) is 15.7. The SMILES string of the molecule is C/C(=C/n1c2c(c3cc(Cl)ccc31)CCN(C)C2)c1ccncn1. The van der Waals surface area contributed by atoms with E-state index in [4.69, 9.17) is 11.6 Å². The van der Waals surface area contributed by atoms with Gasteiger partial charge in [-0.3, -0.25) is 0 Å². The van der Waals surface area contributed by atoms with E-state index < -0.39 is 0 Å². The summed E-state index contributed by atoms with van der Waals surface area (Å²) < 4.78 is 2.30. The number of rotatable bonds is 2. The van der Waals surface area contributed by atoms with Crippen LogP contribution in [0, 0.1) is 0 Å². The van der Waals surface area contributed by atoms with Crippen molar-refractivity contribution >= 4 is 34.3 Å². The lowest BCUT2D eigenvalue weighted by Gasteiger charge is -2.24. The number of allylic oxidation sites excluding steroid dienone is 1. The maximum atomic E-state index is 6.25. The maximum Gasteiger partial charge on any atom is 0.116 e. The first-order chi connectivity index (χ1) is 11.6. The van der Waals surface area contributed by atoms with Crippen molar-refractivity contribution in [2.75, 3.05) is 13.6 Å². The smallest absolute Gasteiger partial charge is 0.116 e. The Morgan fingerprint density at radius 1 is 1.29 bits per heavy atom. The van der Waals surface area contributed by atoms with Gasteiger partial charge >= 0.3 is 0 Å². The number of nitrogens with zero attached hydrogens (tertiary/aromatic N) is 4. The summed E-state index contributed by atoms with van der Waals surface area (Å²) in [5, 5.41) is 2.05. The molecule has 0 N–H and O–H groups in total. The summed E-state index contributed by atoms with van der Waals surface area (Å²) in [6.07, 6.45) is 6.59. The third kappa shape index (κ3) is 2.62. The molecule has 1 aliphatic rings. The van der Waals surface area contributed by atoms with E-state index in [2.05, 4.69) is 51.7 Å². The highest BCUT2D eigenvalue weighted by atomic mass is 35.5. The molecule has 0 radical (unpaired) electrons. The molecule has 4 nitrogen and oxygen atoms in total. The molecule has 2 aromatic heterocycles. The zero-order valence-corrected chi connectivity index (χ0v) is 14.6. The Hall–Kier alpha value is -2.17. The van der Waals surface area contributed by atoms with Crippen LogP contribution in [0.3, 0.4) is 0 Å². The highest BCUT2D eigenvalue weighted by molar-refractivity contribution is 6.31. The van der Waals surface area contributed by atoms with Crippen molar-refractivity contribution in [3.63, 3.8) is 0 Å². The van der Waals surface area contributed by atoms with Crippen LogP contribution in [-0.2, 0) is 13.0 Å². The van der Waals surface area contributed by atoms with Crippen LogP contribution in [0.4, 0.5) is 0 Å². The van der Waals surface area contributed by atoms with Gasteiger partial charge in [0.1, 0.15) is 6.33 Å². The number of aromatic nitrogens is 3. The fraction of sp³-hybridized carbons (Fsp3) is 0.263. The highest BCUT2D eigenvalue weighted by Gasteiger charge is 2.22. The Morgan fingerprint density at radius 3 is 2.96 bits per heavy atom. The van der Waals surface area contributed by atoms with Gasteiger partial charge in [0, 0.05) is 41.6 Å². The van der Waals surface area contributed by atoms with Crippen LogP contribution in [0.15, 0.2) is 36.8 Å². The summed E-state index contributed by atoms with van der Waals surface area (Å²) >= 11 is 6.25. The van der Waals surface area contributed by atoms with Gasteiger partial charge in [-0.2, -0.15) is 0 Å². The number of hydrogen-bond donors (Lipinski definition) is 0. The van der Waals surface area contributed by atoms with Gasteiger partial charge in [-0.05, 0) is 55.8 Å².